The lowest BCUT2D eigenvalue weighted by atomic mass is 10.0. The maximum Gasteiger partial charge on any atom is 0.290 e. The van der Waals surface area contributed by atoms with Crippen LogP contribution in [0.1, 0.15) is 12.0 Å². The van der Waals surface area contributed by atoms with Gasteiger partial charge in [-0.05, 0) is 36.6 Å². The third-order valence-electron chi connectivity index (χ3n) is 3.49. The number of hydrogen-bond donors (Lipinski definition) is 1. The molecule has 2 aromatic carbocycles. The fourth-order valence-corrected chi connectivity index (χ4v) is 3.55. The molecule has 110 valence electrons. The van der Waals surface area contributed by atoms with E-state index in [4.69, 9.17) is 0 Å². The van der Waals surface area contributed by atoms with Gasteiger partial charge in [-0.25, -0.2) is 0 Å². The van der Waals surface area contributed by atoms with Gasteiger partial charge in [-0.1, -0.05) is 39.3 Å². The summed E-state index contributed by atoms with van der Waals surface area (Å²) >= 11 is 0. The molecule has 0 radical (unpaired) electrons. The van der Waals surface area contributed by atoms with Gasteiger partial charge in [-0.3, -0.25) is 0 Å². The summed E-state index contributed by atoms with van der Waals surface area (Å²) in [6.45, 7) is 0.712. The molecule has 0 aliphatic carbocycles. The molecule has 2 aromatic rings. The van der Waals surface area contributed by atoms with E-state index in [1.54, 1.807) is 24.3 Å². The third-order valence-corrected chi connectivity index (χ3v) is 4.98. The molecular weight excluding hydrogens is 291 g/mol. The van der Waals surface area contributed by atoms with Crippen molar-refractivity contribution in [1.29, 1.82) is 0 Å². The topological polar surface area (TPSA) is 49.4 Å². The van der Waals surface area contributed by atoms with Crippen LogP contribution in [0, 0.1) is 0 Å². The number of nitrogens with zero attached hydrogens (tertiary/aromatic N) is 1. The molecule has 0 amide bonds. The van der Waals surface area contributed by atoms with Crippen molar-refractivity contribution in [3.63, 3.8) is 0 Å². The molecule has 0 saturated heterocycles. The summed E-state index contributed by atoms with van der Waals surface area (Å²) in [4.78, 5) is -0.0686. The van der Waals surface area contributed by atoms with Gasteiger partial charge in [0.1, 0.15) is 5.69 Å². The molecule has 3 rings (SSSR count). The summed E-state index contributed by atoms with van der Waals surface area (Å²) in [7, 11) is -4.20. The largest absolute Gasteiger partial charge is 0.383 e. The van der Waals surface area contributed by atoms with Crippen molar-refractivity contribution in [1.82, 2.24) is 0 Å². The standard InChI is InChI=1S/C15H15FN2O2S/c16-18(21(19,20)13-8-2-1-3-9-13)14-10-4-6-12-7-5-11-17-15(12)14/h1-4,6,8-10,17H,5,7,11H2. The fraction of sp³-hybridized carbons (Fsp3) is 0.200. The predicted octanol–water partition coefficient (Wildman–Crippen LogP) is 3.12. The zero-order valence-corrected chi connectivity index (χ0v) is 12.1. The van der Waals surface area contributed by atoms with Crippen LogP contribution in [0.2, 0.25) is 0 Å². The van der Waals surface area contributed by atoms with Crippen LogP contribution in [0.5, 0.6) is 0 Å². The van der Waals surface area contributed by atoms with Crippen molar-refractivity contribution >= 4 is 21.4 Å². The number of aryl methyl sites for hydroxylation is 1. The molecule has 1 aliphatic rings. The Morgan fingerprint density at radius 2 is 1.81 bits per heavy atom. The van der Waals surface area contributed by atoms with Crippen molar-refractivity contribution in [3.05, 3.63) is 54.1 Å². The van der Waals surface area contributed by atoms with E-state index in [1.165, 1.54) is 18.2 Å². The van der Waals surface area contributed by atoms with E-state index in [0.717, 1.165) is 18.4 Å². The molecule has 0 spiro atoms. The molecule has 21 heavy (non-hydrogen) atoms. The molecule has 1 heterocycles. The van der Waals surface area contributed by atoms with Gasteiger partial charge in [0.2, 0.25) is 0 Å². The lowest BCUT2D eigenvalue weighted by Gasteiger charge is -2.24. The highest BCUT2D eigenvalue weighted by atomic mass is 32.2. The van der Waals surface area contributed by atoms with Crippen LogP contribution in [0.4, 0.5) is 15.9 Å². The highest BCUT2D eigenvalue weighted by Gasteiger charge is 2.28. The Labute approximate surface area is 123 Å². The minimum absolute atomic E-state index is 0.0380. The van der Waals surface area contributed by atoms with Gasteiger partial charge in [0.25, 0.3) is 10.0 Å². The Morgan fingerprint density at radius 3 is 2.57 bits per heavy atom. The van der Waals surface area contributed by atoms with Gasteiger partial charge >= 0.3 is 0 Å². The van der Waals surface area contributed by atoms with Gasteiger partial charge in [0.15, 0.2) is 0 Å². The van der Waals surface area contributed by atoms with Crippen LogP contribution in [0.15, 0.2) is 53.4 Å². The van der Waals surface area contributed by atoms with E-state index < -0.39 is 10.0 Å². The van der Waals surface area contributed by atoms with Crippen molar-refractivity contribution in [2.24, 2.45) is 0 Å². The van der Waals surface area contributed by atoms with E-state index in [1.807, 2.05) is 6.07 Å². The van der Waals surface area contributed by atoms with Crippen LogP contribution in [-0.4, -0.2) is 15.0 Å². The highest BCUT2D eigenvalue weighted by Crippen LogP contribution is 2.35. The lowest BCUT2D eigenvalue weighted by molar-refractivity contribution is 0.495. The van der Waals surface area contributed by atoms with Crippen molar-refractivity contribution < 1.29 is 12.9 Å². The van der Waals surface area contributed by atoms with Crippen LogP contribution in [0.25, 0.3) is 0 Å². The predicted molar refractivity (Wildman–Crippen MR) is 80.5 cm³/mol. The number of fused-ring (bicyclic) bond motifs is 1. The maximum atomic E-state index is 14.6. The molecule has 6 heteroatoms. The number of rotatable bonds is 3. The number of para-hydroxylation sites is 1. The lowest BCUT2D eigenvalue weighted by Crippen LogP contribution is -2.25. The molecule has 1 aliphatic heterocycles. The molecule has 0 fully saturated rings. The monoisotopic (exact) mass is 306 g/mol. The Kier molecular flexibility index (Phi) is 3.55. The molecule has 0 unspecified atom stereocenters. The average Bonchev–Trinajstić information content (AvgIpc) is 2.54. The van der Waals surface area contributed by atoms with Gasteiger partial charge in [-0.15, -0.1) is 0 Å². The van der Waals surface area contributed by atoms with Crippen molar-refractivity contribution in [3.8, 4) is 0 Å². The SMILES string of the molecule is O=S(=O)(c1ccccc1)N(F)c1cccc2c1NCCC2. The highest BCUT2D eigenvalue weighted by molar-refractivity contribution is 7.92. The second kappa shape index (κ2) is 5.37. The minimum Gasteiger partial charge on any atom is -0.383 e. The molecule has 0 saturated carbocycles. The fourth-order valence-electron chi connectivity index (χ4n) is 2.45. The zero-order valence-electron chi connectivity index (χ0n) is 11.3. The molecule has 1 N–H and O–H groups in total. The smallest absolute Gasteiger partial charge is 0.290 e. The molecule has 4 nitrogen and oxygen atoms in total. The van der Waals surface area contributed by atoms with E-state index in [2.05, 4.69) is 5.32 Å². The van der Waals surface area contributed by atoms with E-state index in [9.17, 15) is 12.9 Å². The Bertz CT molecular complexity index is 748. The summed E-state index contributed by atoms with van der Waals surface area (Å²) < 4.78 is 39.1. The first kappa shape index (κ1) is 13.9. The Balaban J connectivity index is 2.05. The van der Waals surface area contributed by atoms with Gasteiger partial charge in [0.05, 0.1) is 10.6 Å². The van der Waals surface area contributed by atoms with E-state index >= 15 is 0 Å². The van der Waals surface area contributed by atoms with Crippen molar-refractivity contribution in [2.45, 2.75) is 17.7 Å². The molecular formula is C15H15FN2O2S. The second-order valence-corrected chi connectivity index (χ2v) is 6.62. The summed E-state index contributed by atoms with van der Waals surface area (Å²) in [5, 5.41) is 3.09. The number of benzene rings is 2. The molecule has 0 aromatic heterocycles. The number of anilines is 2. The third kappa shape index (κ3) is 2.47. The molecule has 0 atom stereocenters. The normalized spacial score (nSPS) is 14.1. The number of halogens is 1. The quantitative estimate of drug-likeness (QED) is 0.886. The second-order valence-electron chi connectivity index (χ2n) is 4.87. The zero-order chi connectivity index (χ0) is 14.9. The summed E-state index contributed by atoms with van der Waals surface area (Å²) in [5.74, 6) is 0. The van der Waals surface area contributed by atoms with Crippen LogP contribution in [0.3, 0.4) is 0 Å². The van der Waals surface area contributed by atoms with Crippen LogP contribution in [-0.2, 0) is 16.4 Å². The van der Waals surface area contributed by atoms with E-state index in [0.29, 0.717) is 12.2 Å². The average molecular weight is 306 g/mol. The number of nitrogens with one attached hydrogen (secondary N) is 1. The molecule has 0 bridgehead atoms. The summed E-state index contributed by atoms with van der Waals surface area (Å²) in [6, 6.07) is 12.6. The first-order valence-electron chi connectivity index (χ1n) is 6.72. The number of sulfonamides is 1. The Morgan fingerprint density at radius 1 is 1.05 bits per heavy atom. The van der Waals surface area contributed by atoms with Gasteiger partial charge in [-0.2, -0.15) is 8.42 Å². The minimum atomic E-state index is -4.20. The van der Waals surface area contributed by atoms with Crippen molar-refractivity contribution in [2.75, 3.05) is 16.4 Å². The number of hydrogen-bond acceptors (Lipinski definition) is 3. The van der Waals surface area contributed by atoms with Crippen LogP contribution < -0.4 is 9.84 Å². The first-order chi connectivity index (χ1) is 10.1. The van der Waals surface area contributed by atoms with Gasteiger partial charge < -0.3 is 5.32 Å². The first-order valence-corrected chi connectivity index (χ1v) is 8.16. The maximum absolute atomic E-state index is 14.6. The van der Waals surface area contributed by atoms with Crippen LogP contribution >= 0.6 is 0 Å². The van der Waals surface area contributed by atoms with E-state index in [-0.39, 0.29) is 15.1 Å². The Hall–Kier alpha value is -2.08. The summed E-state index contributed by atoms with van der Waals surface area (Å²) in [5.41, 5.74) is 1.53. The van der Waals surface area contributed by atoms with Gasteiger partial charge in [0, 0.05) is 6.54 Å². The summed E-state index contributed by atoms with van der Waals surface area (Å²) in [6.07, 6.45) is 1.77.